The molecule has 0 saturated heterocycles. The van der Waals surface area contributed by atoms with Crippen molar-refractivity contribution in [2.45, 2.75) is 0 Å². The van der Waals surface area contributed by atoms with Gasteiger partial charge in [-0.1, -0.05) is 48.5 Å². The first-order valence-electron chi connectivity index (χ1n) is 7.96. The average molecular weight is 328 g/mol. The van der Waals surface area contributed by atoms with E-state index in [0.717, 1.165) is 33.2 Å². The Labute approximate surface area is 145 Å². The molecule has 4 heteroatoms. The number of primary amides is 1. The van der Waals surface area contributed by atoms with Crippen LogP contribution in [0.4, 0.5) is 0 Å². The molecule has 3 aromatic carbocycles. The highest BCUT2D eigenvalue weighted by atomic mass is 16.5. The lowest BCUT2D eigenvalue weighted by atomic mass is 9.88. The van der Waals surface area contributed by atoms with E-state index in [1.165, 1.54) is 6.21 Å². The minimum absolute atomic E-state index is 0.370. The van der Waals surface area contributed by atoms with Crippen molar-refractivity contribution in [2.75, 3.05) is 7.05 Å². The molecule has 0 saturated carbocycles. The Bertz CT molecular complexity index is 1060. The molecule has 0 fully saturated rings. The fourth-order valence-corrected chi connectivity index (χ4v) is 3.24. The summed E-state index contributed by atoms with van der Waals surface area (Å²) < 4.78 is 6.20. The van der Waals surface area contributed by atoms with E-state index in [4.69, 9.17) is 10.5 Å². The van der Waals surface area contributed by atoms with E-state index in [0.29, 0.717) is 11.3 Å². The van der Waals surface area contributed by atoms with Crippen LogP contribution in [0.5, 0.6) is 11.5 Å². The minimum Gasteiger partial charge on any atom is -0.455 e. The molecule has 0 bridgehead atoms. The van der Waals surface area contributed by atoms with Gasteiger partial charge in [-0.25, -0.2) is 0 Å². The summed E-state index contributed by atoms with van der Waals surface area (Å²) in [7, 11) is 1.62. The van der Waals surface area contributed by atoms with Crippen LogP contribution in [0.2, 0.25) is 0 Å². The summed E-state index contributed by atoms with van der Waals surface area (Å²) in [4.78, 5) is 16.1. The number of amides is 1. The largest absolute Gasteiger partial charge is 0.455 e. The van der Waals surface area contributed by atoms with Crippen LogP contribution in [0.15, 0.2) is 71.2 Å². The van der Waals surface area contributed by atoms with Gasteiger partial charge in [0.1, 0.15) is 11.5 Å². The van der Waals surface area contributed by atoms with Crippen LogP contribution in [0.3, 0.4) is 0 Å². The molecule has 25 heavy (non-hydrogen) atoms. The first-order valence-corrected chi connectivity index (χ1v) is 7.96. The summed E-state index contributed by atoms with van der Waals surface area (Å²) in [5.74, 6) is 0.913. The molecule has 0 aliphatic carbocycles. The predicted molar refractivity (Wildman–Crippen MR) is 100 cm³/mol. The second-order valence-electron chi connectivity index (χ2n) is 5.80. The van der Waals surface area contributed by atoms with Crippen LogP contribution < -0.4 is 10.5 Å². The van der Waals surface area contributed by atoms with Crippen LogP contribution in [0.1, 0.15) is 11.1 Å². The van der Waals surface area contributed by atoms with Gasteiger partial charge < -0.3 is 10.5 Å². The molecule has 0 spiro atoms. The van der Waals surface area contributed by atoms with Crippen molar-refractivity contribution in [3.8, 4) is 11.5 Å². The van der Waals surface area contributed by atoms with E-state index in [1.54, 1.807) is 7.05 Å². The molecule has 0 atom stereocenters. The minimum atomic E-state index is -0.517. The van der Waals surface area contributed by atoms with Crippen molar-refractivity contribution < 1.29 is 9.53 Å². The Morgan fingerprint density at radius 2 is 1.76 bits per heavy atom. The second-order valence-corrected chi connectivity index (χ2v) is 5.80. The maximum Gasteiger partial charge on any atom is 0.250 e. The zero-order chi connectivity index (χ0) is 17.4. The Kier molecular flexibility index (Phi) is 3.58. The number of aliphatic imine (C=N–C) groups is 1. The molecule has 0 unspecified atom stereocenters. The van der Waals surface area contributed by atoms with E-state index in [-0.39, 0.29) is 0 Å². The maximum atomic E-state index is 12.1. The molecular weight excluding hydrogens is 312 g/mol. The fourth-order valence-electron chi connectivity index (χ4n) is 3.24. The van der Waals surface area contributed by atoms with Gasteiger partial charge in [-0.2, -0.15) is 0 Å². The Morgan fingerprint density at radius 1 is 1.00 bits per heavy atom. The molecule has 0 radical (unpaired) electrons. The molecule has 0 aromatic heterocycles. The number of hydrogen-bond donors (Lipinski definition) is 1. The van der Waals surface area contributed by atoms with Gasteiger partial charge in [0.2, 0.25) is 0 Å². The van der Waals surface area contributed by atoms with Gasteiger partial charge in [-0.3, -0.25) is 9.79 Å². The number of carbonyl (C=O) groups excluding carboxylic acids is 1. The summed E-state index contributed by atoms with van der Waals surface area (Å²) in [6.45, 7) is 0. The average Bonchev–Trinajstić information content (AvgIpc) is 2.64. The Balaban J connectivity index is 2.14. The smallest absolute Gasteiger partial charge is 0.250 e. The number of rotatable bonds is 2. The SMILES string of the molecule is CN=C/C(C(N)=O)=C1/c2ccccc2Oc2c1ccc1ccccc21. The molecular formula is C21H16N2O2. The van der Waals surface area contributed by atoms with Crippen molar-refractivity contribution in [3.05, 3.63) is 77.4 Å². The molecule has 1 aliphatic heterocycles. The molecule has 1 amide bonds. The standard InChI is InChI=1S/C21H16N2O2/c1-23-12-17(21(22)24)19-15-8-4-5-9-18(15)25-20-14-7-3-2-6-13(14)10-11-16(19)20/h2-12H,1H3,(H2,22,24)/b19-17+,23-12?. The van der Waals surface area contributed by atoms with Crippen LogP contribution in [-0.4, -0.2) is 19.2 Å². The lowest BCUT2D eigenvalue weighted by Crippen LogP contribution is -2.18. The number of hydrogen-bond acceptors (Lipinski definition) is 3. The molecule has 122 valence electrons. The van der Waals surface area contributed by atoms with Crippen molar-refractivity contribution in [1.82, 2.24) is 0 Å². The van der Waals surface area contributed by atoms with Crippen LogP contribution in [0.25, 0.3) is 16.3 Å². The van der Waals surface area contributed by atoms with Gasteiger partial charge in [-0.15, -0.1) is 0 Å². The van der Waals surface area contributed by atoms with E-state index < -0.39 is 5.91 Å². The lowest BCUT2D eigenvalue weighted by Gasteiger charge is -2.25. The summed E-state index contributed by atoms with van der Waals surface area (Å²) >= 11 is 0. The van der Waals surface area contributed by atoms with Crippen molar-refractivity contribution >= 4 is 28.5 Å². The molecule has 4 nitrogen and oxygen atoms in total. The number of para-hydroxylation sites is 1. The van der Waals surface area contributed by atoms with Crippen molar-refractivity contribution in [3.63, 3.8) is 0 Å². The van der Waals surface area contributed by atoms with Gasteiger partial charge in [0.15, 0.2) is 0 Å². The van der Waals surface area contributed by atoms with Crippen LogP contribution in [-0.2, 0) is 4.79 Å². The van der Waals surface area contributed by atoms with Gasteiger partial charge in [0, 0.05) is 35.3 Å². The Morgan fingerprint density at radius 3 is 2.56 bits per heavy atom. The van der Waals surface area contributed by atoms with Crippen LogP contribution >= 0.6 is 0 Å². The lowest BCUT2D eigenvalue weighted by molar-refractivity contribution is -0.114. The highest BCUT2D eigenvalue weighted by molar-refractivity contribution is 6.21. The fraction of sp³-hybridized carbons (Fsp3) is 0.0476. The third-order valence-electron chi connectivity index (χ3n) is 4.31. The van der Waals surface area contributed by atoms with Crippen molar-refractivity contribution in [2.24, 2.45) is 10.7 Å². The molecule has 1 heterocycles. The topological polar surface area (TPSA) is 64.7 Å². The zero-order valence-electron chi connectivity index (χ0n) is 13.7. The number of nitrogens with two attached hydrogens (primary N) is 1. The number of carbonyl (C=O) groups is 1. The molecule has 2 N–H and O–H groups in total. The van der Waals surface area contributed by atoms with E-state index >= 15 is 0 Å². The summed E-state index contributed by atoms with van der Waals surface area (Å²) in [6, 6.07) is 19.6. The van der Waals surface area contributed by atoms with E-state index in [2.05, 4.69) is 4.99 Å². The van der Waals surface area contributed by atoms with Gasteiger partial charge in [-0.05, 0) is 17.5 Å². The third kappa shape index (κ3) is 2.39. The first-order chi connectivity index (χ1) is 12.2. The van der Waals surface area contributed by atoms with Gasteiger partial charge >= 0.3 is 0 Å². The monoisotopic (exact) mass is 328 g/mol. The summed E-state index contributed by atoms with van der Waals surface area (Å²) in [5, 5.41) is 2.06. The maximum absolute atomic E-state index is 12.1. The van der Waals surface area contributed by atoms with E-state index in [9.17, 15) is 4.79 Å². The summed E-state index contributed by atoms with van der Waals surface area (Å²) in [5.41, 5.74) is 8.44. The first kappa shape index (κ1) is 15.1. The van der Waals surface area contributed by atoms with E-state index in [1.807, 2.05) is 60.7 Å². The zero-order valence-corrected chi connectivity index (χ0v) is 13.7. The van der Waals surface area contributed by atoms with Crippen LogP contribution in [0, 0.1) is 0 Å². The molecule has 3 aromatic rings. The quantitative estimate of drug-likeness (QED) is 0.447. The predicted octanol–water partition coefficient (Wildman–Crippen LogP) is 3.93. The number of nitrogens with zero attached hydrogens (tertiary/aromatic N) is 1. The normalized spacial score (nSPS) is 14.8. The number of ether oxygens (including phenoxy) is 1. The summed E-state index contributed by atoms with van der Waals surface area (Å²) in [6.07, 6.45) is 1.51. The highest BCUT2D eigenvalue weighted by Crippen LogP contribution is 2.47. The van der Waals surface area contributed by atoms with Crippen molar-refractivity contribution in [1.29, 1.82) is 0 Å². The second kappa shape index (κ2) is 5.91. The molecule has 4 rings (SSSR count). The Hall–Kier alpha value is -3.40. The molecule has 1 aliphatic rings. The third-order valence-corrected chi connectivity index (χ3v) is 4.31. The highest BCUT2D eigenvalue weighted by Gasteiger charge is 2.27. The van der Waals surface area contributed by atoms with Gasteiger partial charge in [0.05, 0.1) is 5.57 Å². The number of fused-ring (bicyclic) bond motifs is 4. The van der Waals surface area contributed by atoms with Gasteiger partial charge in [0.25, 0.3) is 5.91 Å². The number of benzene rings is 3.